The molecule has 1 fully saturated rings. The molecule has 0 radical (unpaired) electrons. The van der Waals surface area contributed by atoms with E-state index in [9.17, 15) is 14.7 Å². The number of carbonyl (C=O) groups is 2. The zero-order valence-corrected chi connectivity index (χ0v) is 19.4. The van der Waals surface area contributed by atoms with Gasteiger partial charge in [0.2, 0.25) is 11.4 Å². The van der Waals surface area contributed by atoms with E-state index in [0.717, 1.165) is 4.47 Å². The van der Waals surface area contributed by atoms with Crippen molar-refractivity contribution < 1.29 is 28.9 Å². The normalized spacial score (nSPS) is 27.5. The van der Waals surface area contributed by atoms with Crippen molar-refractivity contribution in [1.29, 1.82) is 0 Å². The maximum atomic E-state index is 14.3. The molecule has 33 heavy (non-hydrogen) atoms. The van der Waals surface area contributed by atoms with E-state index in [4.69, 9.17) is 14.2 Å². The molecule has 2 unspecified atom stereocenters. The van der Waals surface area contributed by atoms with Gasteiger partial charge in [-0.3, -0.25) is 14.6 Å². The molecule has 7 nitrogen and oxygen atoms in total. The molecule has 0 spiro atoms. The number of benzene rings is 2. The average Bonchev–Trinajstić information content (AvgIpc) is 2.96. The third kappa shape index (κ3) is 2.80. The number of nitrogens with zero attached hydrogens (tertiary/aromatic N) is 1. The van der Waals surface area contributed by atoms with Gasteiger partial charge in [0.15, 0.2) is 5.60 Å². The van der Waals surface area contributed by atoms with Gasteiger partial charge in [0, 0.05) is 10.0 Å². The van der Waals surface area contributed by atoms with E-state index in [0.29, 0.717) is 11.1 Å². The van der Waals surface area contributed by atoms with Crippen molar-refractivity contribution in [3.63, 3.8) is 0 Å². The molecule has 0 amide bonds. The monoisotopic (exact) mass is 509 g/mol. The number of ketones is 1. The lowest BCUT2D eigenvalue weighted by atomic mass is 9.75. The van der Waals surface area contributed by atoms with Gasteiger partial charge < -0.3 is 19.3 Å². The number of pyridine rings is 1. The van der Waals surface area contributed by atoms with Crippen LogP contribution in [-0.4, -0.2) is 36.1 Å². The van der Waals surface area contributed by atoms with Gasteiger partial charge in [0.1, 0.15) is 17.4 Å². The summed E-state index contributed by atoms with van der Waals surface area (Å²) in [5.41, 5.74) is -2.73. The van der Waals surface area contributed by atoms with Gasteiger partial charge in [-0.1, -0.05) is 58.4 Å². The first kappa shape index (κ1) is 21.6. The Labute approximate surface area is 198 Å². The highest BCUT2D eigenvalue weighted by Crippen LogP contribution is 2.65. The Morgan fingerprint density at radius 2 is 1.79 bits per heavy atom. The Hall–Kier alpha value is -3.23. The summed E-state index contributed by atoms with van der Waals surface area (Å²) in [5, 5.41) is 12.2. The molecule has 1 N–H and O–H groups in total. The van der Waals surface area contributed by atoms with Gasteiger partial charge in [-0.05, 0) is 17.7 Å². The molecule has 2 heterocycles. The molecular formula is C25H20BrNO6. The van der Waals surface area contributed by atoms with E-state index in [1.807, 2.05) is 30.3 Å². The van der Waals surface area contributed by atoms with Crippen LogP contribution in [0.1, 0.15) is 22.6 Å². The van der Waals surface area contributed by atoms with Crippen molar-refractivity contribution >= 4 is 27.7 Å². The van der Waals surface area contributed by atoms with Crippen LogP contribution in [0.4, 0.5) is 0 Å². The third-order valence-electron chi connectivity index (χ3n) is 6.54. The molecular weight excluding hydrogens is 490 g/mol. The summed E-state index contributed by atoms with van der Waals surface area (Å²) in [6.07, 6.45) is 2.80. The molecule has 0 saturated heterocycles. The molecule has 4 atom stereocenters. The fraction of sp³-hybridized carbons (Fsp3) is 0.240. The van der Waals surface area contributed by atoms with Crippen molar-refractivity contribution in [1.82, 2.24) is 4.98 Å². The van der Waals surface area contributed by atoms with Gasteiger partial charge >= 0.3 is 5.97 Å². The first-order chi connectivity index (χ1) is 15.9. The third-order valence-corrected chi connectivity index (χ3v) is 7.07. The topological polar surface area (TPSA) is 95.0 Å². The standard InChI is InChI=1S/C25H20BrNO6/c1-31-17-12-27-13-18-20(17)24(30)21(22(28)32-2)19(14-6-4-3-5-7-14)25(33-18,23(24)29)15-8-10-16(26)11-9-15/h3-13,19,21,30H,1-2H3/t19?,21-,24-,25?/m0/s1. The molecule has 2 aromatic carbocycles. The highest BCUT2D eigenvalue weighted by Gasteiger charge is 2.77. The Morgan fingerprint density at radius 3 is 2.42 bits per heavy atom. The largest absolute Gasteiger partial charge is 0.495 e. The number of esters is 1. The van der Waals surface area contributed by atoms with Gasteiger partial charge in [0.05, 0.1) is 38.1 Å². The summed E-state index contributed by atoms with van der Waals surface area (Å²) in [4.78, 5) is 31.7. The number of aromatic nitrogens is 1. The minimum atomic E-state index is -2.26. The van der Waals surface area contributed by atoms with E-state index >= 15 is 0 Å². The Kier molecular flexibility index (Phi) is 5.02. The van der Waals surface area contributed by atoms with Crippen LogP contribution < -0.4 is 9.47 Å². The van der Waals surface area contributed by atoms with Crippen LogP contribution in [0.25, 0.3) is 0 Å². The fourth-order valence-corrected chi connectivity index (χ4v) is 5.48. The molecule has 8 heteroatoms. The van der Waals surface area contributed by atoms with Crippen LogP contribution in [0, 0.1) is 5.92 Å². The maximum absolute atomic E-state index is 14.3. The first-order valence-corrected chi connectivity index (χ1v) is 11.1. The van der Waals surface area contributed by atoms with Gasteiger partial charge in [-0.25, -0.2) is 0 Å². The number of hydrogen-bond donors (Lipinski definition) is 1. The number of halogens is 1. The molecule has 1 aliphatic heterocycles. The predicted octanol–water partition coefficient (Wildman–Crippen LogP) is 3.48. The number of fused-ring (bicyclic) bond motifs is 4. The predicted molar refractivity (Wildman–Crippen MR) is 121 cm³/mol. The molecule has 5 rings (SSSR count). The van der Waals surface area contributed by atoms with Crippen LogP contribution in [0.2, 0.25) is 0 Å². The zero-order valence-electron chi connectivity index (χ0n) is 17.8. The Morgan fingerprint density at radius 1 is 1.09 bits per heavy atom. The van der Waals surface area contributed by atoms with E-state index < -0.39 is 34.8 Å². The second-order valence-corrected chi connectivity index (χ2v) is 8.96. The highest BCUT2D eigenvalue weighted by molar-refractivity contribution is 9.10. The first-order valence-electron chi connectivity index (χ1n) is 10.3. The lowest BCUT2D eigenvalue weighted by Gasteiger charge is -2.39. The summed E-state index contributed by atoms with van der Waals surface area (Å²) in [5.74, 6) is -3.24. The van der Waals surface area contributed by atoms with Gasteiger partial charge in [-0.2, -0.15) is 0 Å². The number of rotatable bonds is 4. The van der Waals surface area contributed by atoms with Crippen LogP contribution in [0.3, 0.4) is 0 Å². The van der Waals surface area contributed by atoms with E-state index in [1.54, 1.807) is 24.3 Å². The van der Waals surface area contributed by atoms with Crippen molar-refractivity contribution in [2.24, 2.45) is 5.92 Å². The molecule has 168 valence electrons. The number of aliphatic hydroxyl groups is 1. The summed E-state index contributed by atoms with van der Waals surface area (Å²) in [6.45, 7) is 0. The number of ether oxygens (including phenoxy) is 3. The van der Waals surface area contributed by atoms with E-state index in [1.165, 1.54) is 26.6 Å². The summed E-state index contributed by atoms with van der Waals surface area (Å²) in [7, 11) is 2.64. The molecule has 1 aromatic heterocycles. The second kappa shape index (κ2) is 7.67. The highest BCUT2D eigenvalue weighted by atomic mass is 79.9. The lowest BCUT2D eigenvalue weighted by Crippen LogP contribution is -2.51. The van der Waals surface area contributed by atoms with Gasteiger partial charge in [0.25, 0.3) is 0 Å². The van der Waals surface area contributed by atoms with Crippen LogP contribution in [0.5, 0.6) is 11.5 Å². The van der Waals surface area contributed by atoms with E-state index in [-0.39, 0.29) is 17.1 Å². The molecule has 1 aliphatic carbocycles. The number of carbonyl (C=O) groups excluding carboxylic acids is 2. The fourth-order valence-electron chi connectivity index (χ4n) is 5.21. The number of Topliss-reactive ketones (excluding diaryl/α,β-unsaturated/α-hetero) is 1. The van der Waals surface area contributed by atoms with Crippen LogP contribution in [-0.2, 0) is 25.5 Å². The van der Waals surface area contributed by atoms with Crippen LogP contribution >= 0.6 is 15.9 Å². The van der Waals surface area contributed by atoms with Crippen molar-refractivity contribution in [2.75, 3.05) is 14.2 Å². The minimum Gasteiger partial charge on any atom is -0.495 e. The SMILES string of the molecule is COC(=O)[C@@H]1C(c2ccccc2)C2(c3ccc(Br)cc3)Oc3cncc(OC)c3[C@@]1(O)C2=O. The molecule has 2 aliphatic rings. The summed E-state index contributed by atoms with van der Waals surface area (Å²) in [6, 6.07) is 16.1. The van der Waals surface area contributed by atoms with Gasteiger partial charge in [-0.15, -0.1) is 0 Å². The Balaban J connectivity index is 1.91. The van der Waals surface area contributed by atoms with E-state index in [2.05, 4.69) is 20.9 Å². The second-order valence-electron chi connectivity index (χ2n) is 8.04. The summed E-state index contributed by atoms with van der Waals surface area (Å²) < 4.78 is 17.8. The van der Waals surface area contributed by atoms with Crippen molar-refractivity contribution in [2.45, 2.75) is 17.1 Å². The molecule has 2 bridgehead atoms. The average molecular weight is 510 g/mol. The summed E-state index contributed by atoms with van der Waals surface area (Å²) >= 11 is 3.42. The number of methoxy groups -OCH3 is 2. The van der Waals surface area contributed by atoms with Crippen molar-refractivity contribution in [3.05, 3.63) is 88.2 Å². The number of hydrogen-bond acceptors (Lipinski definition) is 7. The maximum Gasteiger partial charge on any atom is 0.313 e. The Bertz CT molecular complexity index is 1250. The zero-order chi connectivity index (χ0) is 23.4. The van der Waals surface area contributed by atoms with Crippen molar-refractivity contribution in [3.8, 4) is 11.5 Å². The quantitative estimate of drug-likeness (QED) is 0.537. The van der Waals surface area contributed by atoms with Crippen LogP contribution in [0.15, 0.2) is 71.5 Å². The molecule has 1 saturated carbocycles. The molecule has 3 aromatic rings. The smallest absolute Gasteiger partial charge is 0.313 e. The lowest BCUT2D eigenvalue weighted by molar-refractivity contribution is -0.162. The minimum absolute atomic E-state index is 0.0755.